The number of anilines is 1. The highest BCUT2D eigenvalue weighted by atomic mass is 35.5. The van der Waals surface area contributed by atoms with Crippen LogP contribution in [0, 0.1) is 6.92 Å². The second-order valence-electron chi connectivity index (χ2n) is 5.22. The van der Waals surface area contributed by atoms with Crippen LogP contribution in [0.2, 0.25) is 5.02 Å². The number of hydrogen-bond donors (Lipinski definition) is 3. The molecule has 0 saturated heterocycles. The molecule has 0 bridgehead atoms. The zero-order chi connectivity index (χ0) is 16.2. The molecule has 0 aliphatic heterocycles. The maximum absolute atomic E-state index is 11.9. The first-order valence-corrected chi connectivity index (χ1v) is 7.68. The lowest BCUT2D eigenvalue weighted by Gasteiger charge is -2.27. The van der Waals surface area contributed by atoms with Gasteiger partial charge in [-0.3, -0.25) is 9.59 Å². The van der Waals surface area contributed by atoms with Crippen LogP contribution in [0.3, 0.4) is 0 Å². The van der Waals surface area contributed by atoms with E-state index in [1.54, 1.807) is 32.0 Å². The predicted octanol–water partition coefficient (Wildman–Crippen LogP) is 2.51. The fourth-order valence-electron chi connectivity index (χ4n) is 1.59. The number of aliphatic carboxylic acids is 1. The van der Waals surface area contributed by atoms with E-state index in [-0.39, 0.29) is 11.7 Å². The normalized spacial score (nSPS) is 12.8. The first-order chi connectivity index (χ1) is 9.63. The lowest BCUT2D eigenvalue weighted by atomic mass is 10.1. The van der Waals surface area contributed by atoms with Crippen molar-refractivity contribution in [3.63, 3.8) is 0 Å². The van der Waals surface area contributed by atoms with Gasteiger partial charge in [0.05, 0.1) is 5.75 Å². The third-order valence-electron chi connectivity index (χ3n) is 3.05. The number of carboxylic acids is 1. The van der Waals surface area contributed by atoms with E-state index in [0.29, 0.717) is 10.7 Å². The van der Waals surface area contributed by atoms with Crippen LogP contribution in [0.4, 0.5) is 5.69 Å². The van der Waals surface area contributed by atoms with Gasteiger partial charge in [-0.15, -0.1) is 11.8 Å². The largest absolute Gasteiger partial charge is 0.480 e. The molecule has 0 saturated carbocycles. The van der Waals surface area contributed by atoms with Crippen molar-refractivity contribution in [1.29, 1.82) is 0 Å². The molecule has 0 heterocycles. The average molecular weight is 331 g/mol. The van der Waals surface area contributed by atoms with Gasteiger partial charge in [0.25, 0.3) is 0 Å². The molecule has 1 rings (SSSR count). The van der Waals surface area contributed by atoms with E-state index >= 15 is 0 Å². The maximum Gasteiger partial charge on any atom is 0.321 e. The molecule has 0 aromatic heterocycles. The SMILES string of the molecule is Cc1cc(Cl)ccc1NC(=O)CSC(C)(C)[C@@H](N)C(=O)O. The summed E-state index contributed by atoms with van der Waals surface area (Å²) >= 11 is 7.06. The highest BCUT2D eigenvalue weighted by Gasteiger charge is 2.33. The molecule has 0 aliphatic carbocycles. The zero-order valence-electron chi connectivity index (χ0n) is 12.1. The molecule has 0 unspecified atom stereocenters. The van der Waals surface area contributed by atoms with Crippen LogP contribution >= 0.6 is 23.4 Å². The van der Waals surface area contributed by atoms with Crippen molar-refractivity contribution in [3.05, 3.63) is 28.8 Å². The summed E-state index contributed by atoms with van der Waals surface area (Å²) in [4.78, 5) is 22.8. The minimum atomic E-state index is -1.08. The average Bonchev–Trinajstić information content (AvgIpc) is 2.39. The Labute approximate surface area is 133 Å². The van der Waals surface area contributed by atoms with Crippen LogP contribution < -0.4 is 11.1 Å². The van der Waals surface area contributed by atoms with Crippen LogP contribution in [0.25, 0.3) is 0 Å². The number of rotatable bonds is 6. The molecule has 1 aromatic rings. The van der Waals surface area contributed by atoms with E-state index < -0.39 is 16.8 Å². The quantitative estimate of drug-likeness (QED) is 0.745. The molecular formula is C14H19ClN2O3S. The molecule has 116 valence electrons. The number of nitrogens with one attached hydrogen (secondary N) is 1. The van der Waals surface area contributed by atoms with Crippen LogP contribution in [-0.2, 0) is 9.59 Å². The second kappa shape index (κ2) is 7.15. The number of carboxylic acid groups (broad SMARTS) is 1. The fourth-order valence-corrected chi connectivity index (χ4v) is 2.67. The third kappa shape index (κ3) is 5.22. The van der Waals surface area contributed by atoms with E-state index in [1.165, 1.54) is 11.8 Å². The zero-order valence-corrected chi connectivity index (χ0v) is 13.7. The third-order valence-corrected chi connectivity index (χ3v) is 4.69. The summed E-state index contributed by atoms with van der Waals surface area (Å²) < 4.78 is -0.738. The number of hydrogen-bond acceptors (Lipinski definition) is 4. The predicted molar refractivity (Wildman–Crippen MR) is 87.0 cm³/mol. The molecule has 1 amide bonds. The van der Waals surface area contributed by atoms with Crippen molar-refractivity contribution in [2.24, 2.45) is 5.73 Å². The number of benzene rings is 1. The summed E-state index contributed by atoms with van der Waals surface area (Å²) in [6.45, 7) is 5.26. The minimum Gasteiger partial charge on any atom is -0.480 e. The molecule has 4 N–H and O–H groups in total. The van der Waals surface area contributed by atoms with Crippen LogP contribution in [0.1, 0.15) is 19.4 Å². The molecule has 5 nitrogen and oxygen atoms in total. The van der Waals surface area contributed by atoms with Gasteiger partial charge < -0.3 is 16.2 Å². The Morgan fingerprint density at radius 1 is 1.48 bits per heavy atom. The lowest BCUT2D eigenvalue weighted by Crippen LogP contribution is -2.47. The summed E-state index contributed by atoms with van der Waals surface area (Å²) in [6.07, 6.45) is 0. The van der Waals surface area contributed by atoms with Crippen molar-refractivity contribution in [2.45, 2.75) is 31.6 Å². The van der Waals surface area contributed by atoms with E-state index in [9.17, 15) is 9.59 Å². The number of nitrogens with two attached hydrogens (primary N) is 1. The van der Waals surface area contributed by atoms with Crippen molar-refractivity contribution in [1.82, 2.24) is 0 Å². The number of carbonyl (C=O) groups is 2. The summed E-state index contributed by atoms with van der Waals surface area (Å²) in [5, 5.41) is 12.3. The Kier molecular flexibility index (Phi) is 6.07. The number of carbonyl (C=O) groups excluding carboxylic acids is 1. The first kappa shape index (κ1) is 17.8. The smallest absolute Gasteiger partial charge is 0.321 e. The van der Waals surface area contributed by atoms with E-state index in [0.717, 1.165) is 5.56 Å². The number of halogens is 1. The molecule has 1 aromatic carbocycles. The van der Waals surface area contributed by atoms with Gasteiger partial charge in [0, 0.05) is 15.5 Å². The van der Waals surface area contributed by atoms with Gasteiger partial charge in [-0.1, -0.05) is 11.6 Å². The highest BCUT2D eigenvalue weighted by molar-refractivity contribution is 8.01. The van der Waals surface area contributed by atoms with Gasteiger partial charge in [-0.25, -0.2) is 0 Å². The molecule has 0 aliphatic rings. The van der Waals surface area contributed by atoms with Crippen LogP contribution in [0.15, 0.2) is 18.2 Å². The molecule has 7 heteroatoms. The topological polar surface area (TPSA) is 92.4 Å². The van der Waals surface area contributed by atoms with Crippen molar-refractivity contribution >= 4 is 40.9 Å². The van der Waals surface area contributed by atoms with Crippen molar-refractivity contribution in [3.8, 4) is 0 Å². The highest BCUT2D eigenvalue weighted by Crippen LogP contribution is 2.28. The Bertz CT molecular complexity index is 549. The summed E-state index contributed by atoms with van der Waals surface area (Å²) in [5.74, 6) is -1.17. The number of aryl methyl sites for hydroxylation is 1. The molecule has 0 radical (unpaired) electrons. The lowest BCUT2D eigenvalue weighted by molar-refractivity contribution is -0.139. The monoisotopic (exact) mass is 330 g/mol. The standard InChI is InChI=1S/C14H19ClN2O3S/c1-8-6-9(15)4-5-10(8)17-11(18)7-21-14(2,3)12(16)13(19)20/h4-6,12H,7,16H2,1-3H3,(H,17,18)(H,19,20)/t12-/m0/s1. The number of thioether (sulfide) groups is 1. The minimum absolute atomic E-state index is 0.121. The Morgan fingerprint density at radius 3 is 2.62 bits per heavy atom. The van der Waals surface area contributed by atoms with Gasteiger partial charge >= 0.3 is 5.97 Å². The van der Waals surface area contributed by atoms with Crippen molar-refractivity contribution in [2.75, 3.05) is 11.1 Å². The maximum atomic E-state index is 11.9. The molecule has 21 heavy (non-hydrogen) atoms. The molecular weight excluding hydrogens is 312 g/mol. The van der Waals surface area contributed by atoms with Crippen molar-refractivity contribution < 1.29 is 14.7 Å². The summed E-state index contributed by atoms with van der Waals surface area (Å²) in [7, 11) is 0. The van der Waals surface area contributed by atoms with Gasteiger partial charge in [0.1, 0.15) is 6.04 Å². The molecule has 0 fully saturated rings. The summed E-state index contributed by atoms with van der Waals surface area (Å²) in [6, 6.07) is 4.15. The van der Waals surface area contributed by atoms with Gasteiger partial charge in [0.2, 0.25) is 5.91 Å². The van der Waals surface area contributed by atoms with Crippen LogP contribution in [-0.4, -0.2) is 33.5 Å². The molecule has 0 spiro atoms. The summed E-state index contributed by atoms with van der Waals surface area (Å²) in [5.41, 5.74) is 7.16. The van der Waals surface area contributed by atoms with Gasteiger partial charge in [-0.2, -0.15) is 0 Å². The van der Waals surface area contributed by atoms with E-state index in [1.807, 2.05) is 6.92 Å². The van der Waals surface area contributed by atoms with Gasteiger partial charge in [-0.05, 0) is 44.5 Å². The fraction of sp³-hybridized carbons (Fsp3) is 0.429. The van der Waals surface area contributed by atoms with E-state index in [2.05, 4.69) is 5.32 Å². The van der Waals surface area contributed by atoms with E-state index in [4.69, 9.17) is 22.4 Å². The Hall–Kier alpha value is -1.24. The molecule has 1 atom stereocenters. The second-order valence-corrected chi connectivity index (χ2v) is 7.28. The first-order valence-electron chi connectivity index (χ1n) is 6.32. The Balaban J connectivity index is 2.60. The van der Waals surface area contributed by atoms with Crippen LogP contribution in [0.5, 0.6) is 0 Å². The Morgan fingerprint density at radius 2 is 2.10 bits per heavy atom. The van der Waals surface area contributed by atoms with Gasteiger partial charge in [0.15, 0.2) is 0 Å². The number of amides is 1.